The van der Waals surface area contributed by atoms with Crippen LogP contribution in [0.1, 0.15) is 25.7 Å². The molecule has 170 valence electrons. The number of hydrogen-bond donors (Lipinski definition) is 0. The van der Waals surface area contributed by atoms with Crippen molar-refractivity contribution in [1.82, 2.24) is 18.2 Å². The number of hydrogen-bond acceptors (Lipinski definition) is 6. The molecule has 0 N–H and O–H groups in total. The van der Waals surface area contributed by atoms with E-state index in [9.17, 15) is 13.2 Å². The van der Waals surface area contributed by atoms with Crippen LogP contribution in [-0.4, -0.2) is 79.6 Å². The minimum atomic E-state index is -3.39. The molecule has 2 aliphatic rings. The Balaban J connectivity index is 1.45. The van der Waals surface area contributed by atoms with Gasteiger partial charge in [0.1, 0.15) is 0 Å². The predicted molar refractivity (Wildman–Crippen MR) is 121 cm³/mol. The van der Waals surface area contributed by atoms with Gasteiger partial charge in [0.25, 0.3) is 15.8 Å². The van der Waals surface area contributed by atoms with E-state index in [1.807, 2.05) is 18.2 Å². The lowest BCUT2D eigenvalue weighted by Crippen LogP contribution is -2.53. The van der Waals surface area contributed by atoms with Crippen LogP contribution in [-0.2, 0) is 21.5 Å². The summed E-state index contributed by atoms with van der Waals surface area (Å²) in [6.07, 6.45) is 5.65. The molecule has 1 aromatic carbocycles. The molecule has 0 spiro atoms. The molecule has 0 bridgehead atoms. The fourth-order valence-corrected chi connectivity index (χ4v) is 5.98. The van der Waals surface area contributed by atoms with Crippen molar-refractivity contribution in [2.45, 2.75) is 32.2 Å². The zero-order chi connectivity index (χ0) is 21.8. The number of piperazine rings is 1. The van der Waals surface area contributed by atoms with Crippen molar-refractivity contribution in [3.8, 4) is 0 Å². The third-order valence-corrected chi connectivity index (χ3v) is 8.20. The molecule has 2 fully saturated rings. The molecule has 0 amide bonds. The smallest absolute Gasteiger partial charge is 0.282 e. The van der Waals surface area contributed by atoms with E-state index in [1.54, 1.807) is 26.6 Å². The number of methoxy groups -OCH3 is 1. The van der Waals surface area contributed by atoms with Crippen LogP contribution in [0.2, 0.25) is 0 Å². The van der Waals surface area contributed by atoms with E-state index in [4.69, 9.17) is 4.74 Å². The molecule has 4 rings (SSSR count). The minimum absolute atomic E-state index is 0.0815. The molecule has 9 nitrogen and oxygen atoms in total. The molecule has 0 radical (unpaired) electrons. The fraction of sp³-hybridized carbons (Fsp3) is 0.619. The summed E-state index contributed by atoms with van der Waals surface area (Å²) in [7, 11) is -1.79. The van der Waals surface area contributed by atoms with Gasteiger partial charge in [0.2, 0.25) is 0 Å². The summed E-state index contributed by atoms with van der Waals surface area (Å²) in [6.45, 7) is 4.32. The Bertz CT molecular complexity index is 1060. The second-order valence-corrected chi connectivity index (χ2v) is 10.1. The highest BCUT2D eigenvalue weighted by Gasteiger charge is 2.32. The van der Waals surface area contributed by atoms with E-state index in [2.05, 4.69) is 9.88 Å². The summed E-state index contributed by atoms with van der Waals surface area (Å²) in [5, 5.41) is 0.574. The second kappa shape index (κ2) is 9.64. The van der Waals surface area contributed by atoms with Gasteiger partial charge in [-0.3, -0.25) is 9.36 Å². The lowest BCUT2D eigenvalue weighted by atomic mass is 10.2. The van der Waals surface area contributed by atoms with Gasteiger partial charge in [0, 0.05) is 52.1 Å². The molecular formula is C21H31N5O4S. The molecule has 0 atom stereocenters. The van der Waals surface area contributed by atoms with Crippen molar-refractivity contribution < 1.29 is 13.2 Å². The maximum atomic E-state index is 13.0. The third kappa shape index (κ3) is 4.77. The van der Waals surface area contributed by atoms with Crippen LogP contribution in [0.25, 0.3) is 10.9 Å². The lowest BCUT2D eigenvalue weighted by molar-refractivity contribution is 0.186. The molecule has 10 heteroatoms. The average Bonchev–Trinajstić information content (AvgIpc) is 3.09. The molecule has 2 aromatic rings. The second-order valence-electron chi connectivity index (χ2n) is 8.14. The van der Waals surface area contributed by atoms with E-state index >= 15 is 0 Å². The van der Waals surface area contributed by atoms with Gasteiger partial charge in [-0.15, -0.1) is 0 Å². The van der Waals surface area contributed by atoms with Gasteiger partial charge in [0.15, 0.2) is 0 Å². The summed E-state index contributed by atoms with van der Waals surface area (Å²) in [5.74, 6) is 0. The molecule has 2 saturated heterocycles. The first kappa shape index (κ1) is 22.2. The van der Waals surface area contributed by atoms with Crippen molar-refractivity contribution in [3.05, 3.63) is 34.9 Å². The Morgan fingerprint density at radius 2 is 1.65 bits per heavy atom. The van der Waals surface area contributed by atoms with Crippen molar-refractivity contribution in [2.75, 3.05) is 57.9 Å². The number of fused-ring (bicyclic) bond motifs is 1. The van der Waals surface area contributed by atoms with E-state index in [1.165, 1.54) is 0 Å². The summed E-state index contributed by atoms with van der Waals surface area (Å²) in [5.41, 5.74) is 1.53. The molecule has 2 aliphatic heterocycles. The van der Waals surface area contributed by atoms with Gasteiger partial charge >= 0.3 is 0 Å². The SMILES string of the molecule is COCCn1cnc2cc(N3CCN(S(=O)(=O)N4CCCCCC4)CC3)ccc2c1=O. The van der Waals surface area contributed by atoms with E-state index in [0.717, 1.165) is 31.4 Å². The summed E-state index contributed by atoms with van der Waals surface area (Å²) >= 11 is 0. The van der Waals surface area contributed by atoms with Crippen LogP contribution in [0.3, 0.4) is 0 Å². The normalized spacial score (nSPS) is 19.6. The van der Waals surface area contributed by atoms with Crippen molar-refractivity contribution in [2.24, 2.45) is 0 Å². The molecule has 1 aromatic heterocycles. The molecule has 0 unspecified atom stereocenters. The summed E-state index contributed by atoms with van der Waals surface area (Å²) in [6, 6.07) is 5.64. The fourth-order valence-electron chi connectivity index (χ4n) is 4.31. The largest absolute Gasteiger partial charge is 0.383 e. The topological polar surface area (TPSA) is 88.0 Å². The Hall–Kier alpha value is -2.01. The Morgan fingerprint density at radius 1 is 0.968 bits per heavy atom. The highest BCUT2D eigenvalue weighted by Crippen LogP contribution is 2.23. The quantitative estimate of drug-likeness (QED) is 0.660. The van der Waals surface area contributed by atoms with Crippen molar-refractivity contribution in [3.63, 3.8) is 0 Å². The van der Waals surface area contributed by atoms with Gasteiger partial charge in [-0.1, -0.05) is 12.8 Å². The zero-order valence-electron chi connectivity index (χ0n) is 18.1. The number of aromatic nitrogens is 2. The highest BCUT2D eigenvalue weighted by molar-refractivity contribution is 7.86. The number of ether oxygens (including phenoxy) is 1. The lowest BCUT2D eigenvalue weighted by Gasteiger charge is -2.37. The van der Waals surface area contributed by atoms with Crippen LogP contribution in [0.5, 0.6) is 0 Å². The number of anilines is 1. The van der Waals surface area contributed by atoms with Crippen molar-refractivity contribution in [1.29, 1.82) is 0 Å². The van der Waals surface area contributed by atoms with E-state index in [0.29, 0.717) is 63.3 Å². The van der Waals surface area contributed by atoms with Gasteiger partial charge < -0.3 is 9.64 Å². The van der Waals surface area contributed by atoms with Gasteiger partial charge in [-0.2, -0.15) is 17.0 Å². The summed E-state index contributed by atoms with van der Waals surface area (Å²) < 4.78 is 35.9. The number of nitrogens with zero attached hydrogens (tertiary/aromatic N) is 5. The predicted octanol–water partition coefficient (Wildman–Crippen LogP) is 1.29. The van der Waals surface area contributed by atoms with Crippen molar-refractivity contribution >= 4 is 26.8 Å². The maximum Gasteiger partial charge on any atom is 0.282 e. The molecule has 0 aliphatic carbocycles. The van der Waals surface area contributed by atoms with Crippen LogP contribution < -0.4 is 10.5 Å². The standard InChI is InChI=1S/C21H31N5O4S/c1-30-15-14-24-17-22-20-16-18(6-7-19(20)21(24)27)23-10-12-26(13-11-23)31(28,29)25-8-4-2-3-5-9-25/h6-7,16-17H,2-5,8-15H2,1H3. The Morgan fingerprint density at radius 3 is 2.32 bits per heavy atom. The summed E-state index contributed by atoms with van der Waals surface area (Å²) in [4.78, 5) is 19.2. The first-order valence-electron chi connectivity index (χ1n) is 11.0. The molecule has 0 saturated carbocycles. The van der Waals surface area contributed by atoms with E-state index < -0.39 is 10.2 Å². The maximum absolute atomic E-state index is 13.0. The highest BCUT2D eigenvalue weighted by atomic mass is 32.2. The molecule has 31 heavy (non-hydrogen) atoms. The van der Waals surface area contributed by atoms with Crippen LogP contribution in [0, 0.1) is 0 Å². The number of rotatable bonds is 6. The third-order valence-electron chi connectivity index (χ3n) is 6.17. The Labute approximate surface area is 183 Å². The molecule has 3 heterocycles. The Kier molecular flexibility index (Phi) is 6.90. The van der Waals surface area contributed by atoms with E-state index in [-0.39, 0.29) is 5.56 Å². The minimum Gasteiger partial charge on any atom is -0.383 e. The first-order chi connectivity index (χ1) is 15.0. The van der Waals surface area contributed by atoms with Crippen LogP contribution >= 0.6 is 0 Å². The molecular weight excluding hydrogens is 418 g/mol. The average molecular weight is 450 g/mol. The first-order valence-corrected chi connectivity index (χ1v) is 12.4. The zero-order valence-corrected chi connectivity index (χ0v) is 18.9. The number of benzene rings is 1. The van der Waals surface area contributed by atoms with Gasteiger partial charge in [-0.05, 0) is 31.0 Å². The van der Waals surface area contributed by atoms with Crippen LogP contribution in [0.15, 0.2) is 29.3 Å². The monoisotopic (exact) mass is 449 g/mol. The van der Waals surface area contributed by atoms with Gasteiger partial charge in [0.05, 0.1) is 30.4 Å². The van der Waals surface area contributed by atoms with Gasteiger partial charge in [-0.25, -0.2) is 4.98 Å². The van der Waals surface area contributed by atoms with Crippen LogP contribution in [0.4, 0.5) is 5.69 Å².